The summed E-state index contributed by atoms with van der Waals surface area (Å²) in [5, 5.41) is 20.1. The largest absolute Gasteiger partial charge is 0.505 e. The molecule has 22 heavy (non-hydrogen) atoms. The molecule has 1 saturated carbocycles. The van der Waals surface area contributed by atoms with Crippen molar-refractivity contribution in [1.29, 1.82) is 0 Å². The van der Waals surface area contributed by atoms with Gasteiger partial charge in [0, 0.05) is 5.92 Å². The van der Waals surface area contributed by atoms with Crippen molar-refractivity contribution in [1.82, 2.24) is 4.98 Å². The summed E-state index contributed by atoms with van der Waals surface area (Å²) < 4.78 is 0. The number of ketones is 1. The molecule has 0 radical (unpaired) electrons. The first kappa shape index (κ1) is 15.2. The van der Waals surface area contributed by atoms with Crippen LogP contribution in [-0.4, -0.2) is 21.0 Å². The van der Waals surface area contributed by atoms with Crippen molar-refractivity contribution in [3.8, 4) is 11.6 Å². The number of nitrogens with one attached hydrogen (secondary N) is 1. The molecule has 2 aliphatic rings. The second kappa shape index (κ2) is 5.49. The normalized spacial score (nSPS) is 34.4. The van der Waals surface area contributed by atoms with Gasteiger partial charge in [-0.25, -0.2) is 0 Å². The molecule has 1 heterocycles. The second-order valence-electron chi connectivity index (χ2n) is 7.20. The van der Waals surface area contributed by atoms with E-state index in [1.54, 1.807) is 6.92 Å². The van der Waals surface area contributed by atoms with E-state index < -0.39 is 0 Å². The molecule has 0 spiro atoms. The Morgan fingerprint density at radius 2 is 1.95 bits per heavy atom. The monoisotopic (exact) mass is 303 g/mol. The zero-order valence-corrected chi connectivity index (χ0v) is 13.5. The van der Waals surface area contributed by atoms with E-state index in [4.69, 9.17) is 0 Å². The lowest BCUT2D eigenvalue weighted by atomic mass is 9.61. The number of hydrogen-bond acceptors (Lipinski definition) is 3. The predicted molar refractivity (Wildman–Crippen MR) is 85.0 cm³/mol. The first-order chi connectivity index (χ1) is 10.4. The van der Waals surface area contributed by atoms with Crippen molar-refractivity contribution in [2.24, 2.45) is 29.6 Å². The van der Waals surface area contributed by atoms with Crippen molar-refractivity contribution in [2.75, 3.05) is 0 Å². The van der Waals surface area contributed by atoms with Gasteiger partial charge >= 0.3 is 0 Å². The molecular formula is C18H25NO3. The van der Waals surface area contributed by atoms with Crippen LogP contribution in [0.25, 0.3) is 0 Å². The molecule has 4 heteroatoms. The number of aromatic hydroxyl groups is 2. The van der Waals surface area contributed by atoms with Gasteiger partial charge in [0.15, 0.2) is 11.5 Å². The molecule has 0 bridgehead atoms. The van der Waals surface area contributed by atoms with Crippen LogP contribution < -0.4 is 0 Å². The maximum atomic E-state index is 13.0. The highest BCUT2D eigenvalue weighted by atomic mass is 16.3. The van der Waals surface area contributed by atoms with E-state index in [0.717, 1.165) is 19.3 Å². The van der Waals surface area contributed by atoms with E-state index in [-0.39, 0.29) is 34.8 Å². The van der Waals surface area contributed by atoms with Gasteiger partial charge in [0.25, 0.3) is 0 Å². The number of fused-ring (bicyclic) bond motifs is 1. The van der Waals surface area contributed by atoms with Gasteiger partial charge in [0.05, 0.1) is 5.69 Å². The van der Waals surface area contributed by atoms with Gasteiger partial charge in [0.2, 0.25) is 5.88 Å². The summed E-state index contributed by atoms with van der Waals surface area (Å²) >= 11 is 0. The number of H-pyrrole nitrogens is 1. The molecule has 120 valence electrons. The maximum absolute atomic E-state index is 13.0. The standard InChI is InChI=1S/C18H25NO3/c1-9-4-7-13-12(8-9)6-5-10(2)14(13)17(21)15-16(20)11(3)19-18(15)22/h5-6,9-10,12-14,19-20,22H,4,7-8H2,1-3H3. The van der Waals surface area contributed by atoms with Crippen LogP contribution in [0.3, 0.4) is 0 Å². The zero-order valence-electron chi connectivity index (χ0n) is 13.5. The highest BCUT2D eigenvalue weighted by Crippen LogP contribution is 2.47. The molecule has 3 N–H and O–H groups in total. The third-order valence-corrected chi connectivity index (χ3v) is 5.59. The molecule has 0 aliphatic heterocycles. The smallest absolute Gasteiger partial charge is 0.203 e. The number of allylic oxidation sites excluding steroid dienone is 2. The Bertz CT molecular complexity index is 616. The number of Topliss-reactive ketones (excluding diaryl/α,β-unsaturated/α-hetero) is 1. The van der Waals surface area contributed by atoms with E-state index in [1.807, 2.05) is 0 Å². The van der Waals surface area contributed by atoms with Crippen LogP contribution >= 0.6 is 0 Å². The number of carbonyl (C=O) groups is 1. The molecule has 5 atom stereocenters. The van der Waals surface area contributed by atoms with Crippen LogP contribution in [-0.2, 0) is 0 Å². The fourth-order valence-electron chi connectivity index (χ4n) is 4.38. The molecular weight excluding hydrogens is 278 g/mol. The third kappa shape index (κ3) is 2.34. The first-order valence-electron chi connectivity index (χ1n) is 8.23. The average Bonchev–Trinajstić information content (AvgIpc) is 2.71. The number of aromatic amines is 1. The van der Waals surface area contributed by atoms with Gasteiger partial charge in [-0.15, -0.1) is 0 Å². The summed E-state index contributed by atoms with van der Waals surface area (Å²) in [6, 6.07) is 0. The van der Waals surface area contributed by atoms with Gasteiger partial charge in [-0.1, -0.05) is 32.4 Å². The molecule has 1 fully saturated rings. The van der Waals surface area contributed by atoms with Crippen molar-refractivity contribution < 1.29 is 15.0 Å². The highest BCUT2D eigenvalue weighted by molar-refractivity contribution is 6.03. The lowest BCUT2D eigenvalue weighted by Crippen LogP contribution is -2.39. The molecule has 4 nitrogen and oxygen atoms in total. The highest BCUT2D eigenvalue weighted by Gasteiger charge is 2.43. The molecule has 0 amide bonds. The predicted octanol–water partition coefficient (Wildman–Crippen LogP) is 3.79. The molecule has 1 aromatic rings. The molecule has 1 aromatic heterocycles. The summed E-state index contributed by atoms with van der Waals surface area (Å²) in [5.74, 6) is 1.00. The summed E-state index contributed by atoms with van der Waals surface area (Å²) in [6.07, 6.45) is 7.73. The number of carbonyl (C=O) groups excluding carboxylic acids is 1. The Balaban J connectivity index is 1.95. The minimum atomic E-state index is -0.206. The van der Waals surface area contributed by atoms with Crippen molar-refractivity contribution in [3.63, 3.8) is 0 Å². The number of hydrogen-bond donors (Lipinski definition) is 3. The first-order valence-corrected chi connectivity index (χ1v) is 8.23. The SMILES string of the molecule is Cc1[nH]c(O)c(C(=O)C2C(C)C=CC3CC(C)CCC32)c1O. The number of aryl methyl sites for hydroxylation is 1. The van der Waals surface area contributed by atoms with Crippen molar-refractivity contribution >= 4 is 5.78 Å². The van der Waals surface area contributed by atoms with Crippen LogP contribution in [0.2, 0.25) is 0 Å². The lowest BCUT2D eigenvalue weighted by molar-refractivity contribution is 0.0687. The topological polar surface area (TPSA) is 73.3 Å². The fourth-order valence-corrected chi connectivity index (χ4v) is 4.38. The summed E-state index contributed by atoms with van der Waals surface area (Å²) in [5.41, 5.74) is 0.510. The van der Waals surface area contributed by atoms with Crippen LogP contribution in [0, 0.1) is 36.5 Å². The van der Waals surface area contributed by atoms with E-state index in [1.165, 1.54) is 0 Å². The van der Waals surface area contributed by atoms with Crippen LogP contribution in [0.1, 0.15) is 49.2 Å². The summed E-state index contributed by atoms with van der Waals surface area (Å²) in [7, 11) is 0. The van der Waals surface area contributed by atoms with Gasteiger partial charge in [-0.2, -0.15) is 0 Å². The molecule has 0 saturated heterocycles. The van der Waals surface area contributed by atoms with Gasteiger partial charge in [0.1, 0.15) is 5.56 Å². The molecule has 0 aromatic carbocycles. The lowest BCUT2D eigenvalue weighted by Gasteiger charge is -2.42. The van der Waals surface area contributed by atoms with Gasteiger partial charge in [-0.3, -0.25) is 4.79 Å². The zero-order chi connectivity index (χ0) is 16.0. The van der Waals surface area contributed by atoms with Crippen LogP contribution in [0.5, 0.6) is 11.6 Å². The Labute approximate surface area is 131 Å². The van der Waals surface area contributed by atoms with Crippen molar-refractivity contribution in [3.05, 3.63) is 23.4 Å². The van der Waals surface area contributed by atoms with E-state index in [2.05, 4.69) is 31.0 Å². The van der Waals surface area contributed by atoms with Crippen LogP contribution in [0.4, 0.5) is 0 Å². The quantitative estimate of drug-likeness (QED) is 0.575. The molecule has 5 unspecified atom stereocenters. The van der Waals surface area contributed by atoms with Crippen molar-refractivity contribution in [2.45, 2.75) is 40.0 Å². The Kier molecular flexibility index (Phi) is 3.79. The average molecular weight is 303 g/mol. The Morgan fingerprint density at radius 1 is 1.23 bits per heavy atom. The van der Waals surface area contributed by atoms with Crippen LogP contribution in [0.15, 0.2) is 12.2 Å². The summed E-state index contributed by atoms with van der Waals surface area (Å²) in [6.45, 7) is 5.98. The number of aromatic nitrogens is 1. The fraction of sp³-hybridized carbons (Fsp3) is 0.611. The third-order valence-electron chi connectivity index (χ3n) is 5.59. The van der Waals surface area contributed by atoms with E-state index in [0.29, 0.717) is 23.4 Å². The maximum Gasteiger partial charge on any atom is 0.203 e. The minimum absolute atomic E-state index is 0.0713. The summed E-state index contributed by atoms with van der Waals surface area (Å²) in [4.78, 5) is 15.7. The van der Waals surface area contributed by atoms with E-state index in [9.17, 15) is 15.0 Å². The Hall–Kier alpha value is -1.71. The number of rotatable bonds is 2. The Morgan fingerprint density at radius 3 is 2.59 bits per heavy atom. The van der Waals surface area contributed by atoms with Gasteiger partial charge < -0.3 is 15.2 Å². The van der Waals surface area contributed by atoms with E-state index >= 15 is 0 Å². The molecule has 3 rings (SSSR count). The van der Waals surface area contributed by atoms with Gasteiger partial charge in [-0.05, 0) is 43.4 Å². The molecule has 2 aliphatic carbocycles. The second-order valence-corrected chi connectivity index (χ2v) is 7.20. The minimum Gasteiger partial charge on any atom is -0.505 e.